The van der Waals surface area contributed by atoms with Crippen LogP contribution in [0.15, 0.2) is 36.5 Å². The maximum atomic E-state index is 12.2. The number of methoxy groups -OCH3 is 1. The Morgan fingerprint density at radius 2 is 2.04 bits per heavy atom. The molecule has 23 heavy (non-hydrogen) atoms. The number of sulfonamides is 1. The Kier molecular flexibility index (Phi) is 5.23. The highest BCUT2D eigenvalue weighted by atomic mass is 35.5. The van der Waals surface area contributed by atoms with Crippen molar-refractivity contribution >= 4 is 27.5 Å². The summed E-state index contributed by atoms with van der Waals surface area (Å²) in [7, 11) is -2.46. The van der Waals surface area contributed by atoms with Gasteiger partial charge < -0.3 is 4.74 Å². The first-order valence-corrected chi connectivity index (χ1v) is 8.63. The lowest BCUT2D eigenvalue weighted by Gasteiger charge is -2.10. The minimum Gasteiger partial charge on any atom is -0.496 e. The van der Waals surface area contributed by atoms with Crippen molar-refractivity contribution in [3.63, 3.8) is 0 Å². The first kappa shape index (κ1) is 17.2. The van der Waals surface area contributed by atoms with Crippen LogP contribution in [0.2, 0.25) is 5.15 Å². The van der Waals surface area contributed by atoms with Gasteiger partial charge in [-0.25, -0.2) is 18.1 Å². The molecule has 0 spiro atoms. The molecule has 0 atom stereocenters. The van der Waals surface area contributed by atoms with E-state index in [0.717, 1.165) is 5.56 Å². The fourth-order valence-electron chi connectivity index (χ4n) is 1.94. The maximum absolute atomic E-state index is 12.2. The Balaban J connectivity index is 2.18. The lowest BCUT2D eigenvalue weighted by atomic mass is 10.1. The van der Waals surface area contributed by atoms with Crippen molar-refractivity contribution in [2.75, 3.05) is 7.11 Å². The number of hydrogen-bond donors (Lipinski definition) is 1. The molecule has 0 unspecified atom stereocenters. The van der Waals surface area contributed by atoms with Gasteiger partial charge in [0.15, 0.2) is 0 Å². The van der Waals surface area contributed by atoms with Crippen LogP contribution in [0.4, 0.5) is 0 Å². The van der Waals surface area contributed by atoms with Gasteiger partial charge in [-0.15, -0.1) is 0 Å². The molecule has 1 amide bonds. The van der Waals surface area contributed by atoms with E-state index in [1.807, 2.05) is 4.72 Å². The molecule has 2 rings (SSSR count). The lowest BCUT2D eigenvalue weighted by molar-refractivity contribution is 0.0978. The Morgan fingerprint density at radius 3 is 2.65 bits per heavy atom. The second kappa shape index (κ2) is 6.97. The Hall–Kier alpha value is -2.12. The Morgan fingerprint density at radius 1 is 1.30 bits per heavy atom. The van der Waals surface area contributed by atoms with E-state index in [1.165, 1.54) is 25.4 Å². The van der Waals surface area contributed by atoms with E-state index in [0.29, 0.717) is 11.3 Å². The zero-order valence-electron chi connectivity index (χ0n) is 12.5. The van der Waals surface area contributed by atoms with Crippen LogP contribution in [-0.4, -0.2) is 26.4 Å². The molecule has 1 aromatic carbocycles. The number of aryl methyl sites for hydroxylation is 1. The molecule has 2 aromatic rings. The molecule has 0 aliphatic carbocycles. The van der Waals surface area contributed by atoms with Gasteiger partial charge in [-0.1, -0.05) is 29.3 Å². The van der Waals surface area contributed by atoms with Gasteiger partial charge in [0.1, 0.15) is 10.9 Å². The maximum Gasteiger partial charge on any atom is 0.268 e. The summed E-state index contributed by atoms with van der Waals surface area (Å²) in [5, 5.41) is 0.264. The standard InChI is InChI=1S/C15H15ClN2O4S/c1-10-3-5-13(22-2)12(7-10)15(19)18-23(20,21)9-11-4-6-14(16)17-8-11/h3-8H,9H2,1-2H3,(H,18,19). The SMILES string of the molecule is COc1ccc(C)cc1C(=O)NS(=O)(=O)Cc1ccc(Cl)nc1. The monoisotopic (exact) mass is 354 g/mol. The average Bonchev–Trinajstić information content (AvgIpc) is 2.49. The van der Waals surface area contributed by atoms with Gasteiger partial charge in [0.05, 0.1) is 18.4 Å². The summed E-state index contributed by atoms with van der Waals surface area (Å²) in [6.45, 7) is 1.80. The molecule has 1 heterocycles. The van der Waals surface area contributed by atoms with E-state index in [9.17, 15) is 13.2 Å². The second-order valence-electron chi connectivity index (χ2n) is 4.88. The summed E-state index contributed by atoms with van der Waals surface area (Å²) in [5.74, 6) is -0.819. The first-order chi connectivity index (χ1) is 10.8. The van der Waals surface area contributed by atoms with Crippen LogP contribution in [0.5, 0.6) is 5.75 Å². The number of nitrogens with zero attached hydrogens (tertiary/aromatic N) is 1. The summed E-state index contributed by atoms with van der Waals surface area (Å²) < 4.78 is 31.4. The molecule has 0 aliphatic heterocycles. The molecule has 0 bridgehead atoms. The molecule has 0 aliphatic rings. The van der Waals surface area contributed by atoms with Gasteiger partial charge in [0.25, 0.3) is 5.91 Å². The number of ether oxygens (including phenoxy) is 1. The van der Waals surface area contributed by atoms with Crippen LogP contribution < -0.4 is 9.46 Å². The van der Waals surface area contributed by atoms with Gasteiger partial charge in [-0.3, -0.25) is 4.79 Å². The van der Waals surface area contributed by atoms with Crippen molar-refractivity contribution in [1.82, 2.24) is 9.71 Å². The summed E-state index contributed by atoms with van der Waals surface area (Å²) in [4.78, 5) is 16.0. The van der Waals surface area contributed by atoms with Gasteiger partial charge in [-0.2, -0.15) is 0 Å². The molecule has 1 N–H and O–H groups in total. The van der Waals surface area contributed by atoms with Gasteiger partial charge in [-0.05, 0) is 30.7 Å². The van der Waals surface area contributed by atoms with Crippen molar-refractivity contribution in [2.45, 2.75) is 12.7 Å². The predicted molar refractivity (Wildman–Crippen MR) is 87.1 cm³/mol. The highest BCUT2D eigenvalue weighted by Gasteiger charge is 2.20. The third-order valence-electron chi connectivity index (χ3n) is 2.99. The minimum absolute atomic E-state index is 0.158. The van der Waals surface area contributed by atoms with Gasteiger partial charge in [0.2, 0.25) is 10.0 Å². The van der Waals surface area contributed by atoms with Gasteiger partial charge >= 0.3 is 0 Å². The Bertz CT molecular complexity index is 820. The van der Waals surface area contributed by atoms with Crippen molar-refractivity contribution < 1.29 is 17.9 Å². The molecule has 122 valence electrons. The number of aromatic nitrogens is 1. The predicted octanol–water partition coefficient (Wildman–Crippen LogP) is 2.31. The van der Waals surface area contributed by atoms with E-state index in [4.69, 9.17) is 16.3 Å². The van der Waals surface area contributed by atoms with Crippen LogP contribution >= 0.6 is 11.6 Å². The number of halogens is 1. The van der Waals surface area contributed by atoms with Crippen LogP contribution in [-0.2, 0) is 15.8 Å². The largest absolute Gasteiger partial charge is 0.496 e. The first-order valence-electron chi connectivity index (χ1n) is 6.60. The van der Waals surface area contributed by atoms with E-state index in [2.05, 4.69) is 4.98 Å². The quantitative estimate of drug-likeness (QED) is 0.833. The van der Waals surface area contributed by atoms with Crippen molar-refractivity contribution in [3.05, 3.63) is 58.4 Å². The molecular formula is C15H15ClN2O4S. The molecule has 0 saturated carbocycles. The molecule has 6 nitrogen and oxygen atoms in total. The molecule has 0 radical (unpaired) electrons. The van der Waals surface area contributed by atoms with E-state index >= 15 is 0 Å². The fraction of sp³-hybridized carbons (Fsp3) is 0.200. The Labute approximate surface area is 139 Å². The van der Waals surface area contributed by atoms with Gasteiger partial charge in [0, 0.05) is 6.20 Å². The van der Waals surface area contributed by atoms with Crippen LogP contribution in [0, 0.1) is 6.92 Å². The summed E-state index contributed by atoms with van der Waals surface area (Å²) in [6, 6.07) is 7.96. The van der Waals surface area contributed by atoms with Crippen molar-refractivity contribution in [2.24, 2.45) is 0 Å². The summed E-state index contributed by atoms with van der Waals surface area (Å²) >= 11 is 5.65. The minimum atomic E-state index is -3.87. The van der Waals surface area contributed by atoms with E-state index in [1.54, 1.807) is 25.1 Å². The van der Waals surface area contributed by atoms with E-state index < -0.39 is 15.9 Å². The summed E-state index contributed by atoms with van der Waals surface area (Å²) in [6.07, 6.45) is 1.35. The number of rotatable bonds is 5. The number of carbonyl (C=O) groups is 1. The van der Waals surface area contributed by atoms with Crippen LogP contribution in [0.25, 0.3) is 0 Å². The smallest absolute Gasteiger partial charge is 0.268 e. The third kappa shape index (κ3) is 4.67. The topological polar surface area (TPSA) is 85.4 Å². The van der Waals surface area contributed by atoms with Crippen LogP contribution in [0.3, 0.4) is 0 Å². The van der Waals surface area contributed by atoms with E-state index in [-0.39, 0.29) is 16.5 Å². The zero-order valence-corrected chi connectivity index (χ0v) is 14.1. The second-order valence-corrected chi connectivity index (χ2v) is 6.99. The number of nitrogens with one attached hydrogen (secondary N) is 1. The molecular weight excluding hydrogens is 340 g/mol. The zero-order chi connectivity index (χ0) is 17.0. The number of carbonyl (C=O) groups excluding carboxylic acids is 1. The number of hydrogen-bond acceptors (Lipinski definition) is 5. The number of pyridine rings is 1. The van der Waals surface area contributed by atoms with Crippen molar-refractivity contribution in [3.8, 4) is 5.75 Å². The average molecular weight is 355 g/mol. The molecule has 1 aromatic heterocycles. The van der Waals surface area contributed by atoms with Crippen LogP contribution in [0.1, 0.15) is 21.5 Å². The molecule has 8 heteroatoms. The fourth-order valence-corrected chi connectivity index (χ4v) is 3.13. The molecule has 0 saturated heterocycles. The third-order valence-corrected chi connectivity index (χ3v) is 4.43. The number of benzene rings is 1. The normalized spacial score (nSPS) is 11.1. The van der Waals surface area contributed by atoms with Crippen molar-refractivity contribution in [1.29, 1.82) is 0 Å². The lowest BCUT2D eigenvalue weighted by Crippen LogP contribution is -2.32. The molecule has 0 fully saturated rings. The highest BCUT2D eigenvalue weighted by Crippen LogP contribution is 2.20. The summed E-state index contributed by atoms with van der Waals surface area (Å²) in [5.41, 5.74) is 1.39. The number of amides is 1. The highest BCUT2D eigenvalue weighted by molar-refractivity contribution is 7.89.